The summed E-state index contributed by atoms with van der Waals surface area (Å²) in [6.45, 7) is 0. The molecule has 0 heterocycles. The van der Waals surface area contributed by atoms with Crippen LogP contribution in [0.4, 0.5) is 0 Å². The Bertz CT molecular complexity index is 235. The molecule has 0 aromatic heterocycles. The van der Waals surface area contributed by atoms with Crippen LogP contribution in [0, 0.1) is 11.3 Å². The molecule has 2 fully saturated rings. The lowest BCUT2D eigenvalue weighted by Crippen LogP contribution is -2.35. The summed E-state index contributed by atoms with van der Waals surface area (Å²) in [6, 6.07) is 0. The van der Waals surface area contributed by atoms with Gasteiger partial charge in [0.25, 0.3) is 0 Å². The molecule has 0 atom stereocenters. The molecule has 2 aliphatic rings. The van der Waals surface area contributed by atoms with Gasteiger partial charge < -0.3 is 9.90 Å². The fourth-order valence-corrected chi connectivity index (χ4v) is 3.89. The van der Waals surface area contributed by atoms with Crippen LogP contribution in [0.15, 0.2) is 0 Å². The van der Waals surface area contributed by atoms with Crippen LogP contribution >= 0.6 is 0 Å². The molecule has 0 aliphatic heterocycles. The predicted octanol–water partition coefficient (Wildman–Crippen LogP) is 2.66. The molecule has 0 unspecified atom stereocenters. The summed E-state index contributed by atoms with van der Waals surface area (Å²) in [5.41, 5.74) is 0.103. The van der Waals surface area contributed by atoms with Crippen LogP contribution < -0.4 is 5.11 Å². The van der Waals surface area contributed by atoms with E-state index in [-0.39, 0.29) is 5.41 Å². The molecule has 92 valence electrons. The van der Waals surface area contributed by atoms with Crippen molar-refractivity contribution < 1.29 is 9.90 Å². The highest BCUT2D eigenvalue weighted by atomic mass is 16.4. The topological polar surface area (TPSA) is 40.1 Å². The summed E-state index contributed by atoms with van der Waals surface area (Å²) < 4.78 is 0. The predicted molar refractivity (Wildman–Crippen MR) is 61.7 cm³/mol. The quantitative estimate of drug-likeness (QED) is 0.735. The number of rotatable bonds is 4. The van der Waals surface area contributed by atoms with Crippen molar-refractivity contribution in [3.05, 3.63) is 0 Å². The summed E-state index contributed by atoms with van der Waals surface area (Å²) in [4.78, 5) is 10.9. The Kier molecular flexibility index (Phi) is 3.88. The maximum atomic E-state index is 10.9. The molecule has 2 aliphatic carbocycles. The molecular weight excluding hydrogens is 200 g/mol. The van der Waals surface area contributed by atoms with Crippen LogP contribution in [0.1, 0.15) is 70.6 Å². The molecule has 2 saturated carbocycles. The normalized spacial score (nSPS) is 25.8. The SMILES string of the molecule is O=C([O-])CC1(CC2CCCC2)CCCCC1. The Morgan fingerprint density at radius 3 is 2.25 bits per heavy atom. The van der Waals surface area contributed by atoms with Gasteiger partial charge in [-0.1, -0.05) is 44.9 Å². The summed E-state index contributed by atoms with van der Waals surface area (Å²) in [6.07, 6.45) is 12.8. The number of aliphatic carboxylic acids is 1. The standard InChI is InChI=1S/C14H24O2/c15-13(16)11-14(8-4-1-5-9-14)10-12-6-2-3-7-12/h12H,1-11H2,(H,15,16)/p-1. The van der Waals surface area contributed by atoms with Gasteiger partial charge in [0.2, 0.25) is 0 Å². The Balaban J connectivity index is 1.97. The number of carbonyl (C=O) groups excluding carboxylic acids is 1. The van der Waals surface area contributed by atoms with E-state index in [1.807, 2.05) is 0 Å². The van der Waals surface area contributed by atoms with E-state index < -0.39 is 5.97 Å². The molecular formula is C14H23O2-. The summed E-state index contributed by atoms with van der Waals surface area (Å²) >= 11 is 0. The molecule has 0 aromatic rings. The van der Waals surface area contributed by atoms with Gasteiger partial charge in [-0.15, -0.1) is 0 Å². The van der Waals surface area contributed by atoms with E-state index in [9.17, 15) is 9.90 Å². The van der Waals surface area contributed by atoms with E-state index in [1.165, 1.54) is 44.9 Å². The van der Waals surface area contributed by atoms with E-state index in [0.717, 1.165) is 25.2 Å². The minimum atomic E-state index is -0.833. The minimum Gasteiger partial charge on any atom is -0.550 e. The van der Waals surface area contributed by atoms with Crippen molar-refractivity contribution in [3.8, 4) is 0 Å². The lowest BCUT2D eigenvalue weighted by atomic mass is 9.67. The molecule has 0 saturated heterocycles. The first-order chi connectivity index (χ1) is 7.70. The molecule has 0 bridgehead atoms. The van der Waals surface area contributed by atoms with Gasteiger partial charge in [0.1, 0.15) is 0 Å². The van der Waals surface area contributed by atoms with Gasteiger partial charge in [0.05, 0.1) is 0 Å². The minimum absolute atomic E-state index is 0.103. The smallest absolute Gasteiger partial charge is 0.0419 e. The maximum absolute atomic E-state index is 10.9. The molecule has 0 N–H and O–H groups in total. The van der Waals surface area contributed by atoms with Crippen molar-refractivity contribution in [3.63, 3.8) is 0 Å². The average Bonchev–Trinajstić information content (AvgIpc) is 2.70. The molecule has 16 heavy (non-hydrogen) atoms. The Morgan fingerprint density at radius 2 is 1.69 bits per heavy atom. The zero-order valence-corrected chi connectivity index (χ0v) is 10.2. The molecule has 0 amide bonds. The van der Waals surface area contributed by atoms with E-state index in [2.05, 4.69) is 0 Å². The van der Waals surface area contributed by atoms with Gasteiger partial charge in [0.15, 0.2) is 0 Å². The monoisotopic (exact) mass is 223 g/mol. The van der Waals surface area contributed by atoms with Crippen molar-refractivity contribution in [2.24, 2.45) is 11.3 Å². The second-order valence-electron chi connectivity index (χ2n) is 5.96. The van der Waals surface area contributed by atoms with Crippen LogP contribution in [-0.2, 0) is 4.79 Å². The fourth-order valence-electron chi connectivity index (χ4n) is 3.89. The van der Waals surface area contributed by atoms with Crippen LogP contribution in [0.5, 0.6) is 0 Å². The third kappa shape index (κ3) is 2.99. The number of hydrogen-bond acceptors (Lipinski definition) is 2. The van der Waals surface area contributed by atoms with Crippen molar-refractivity contribution in [1.82, 2.24) is 0 Å². The lowest BCUT2D eigenvalue weighted by molar-refractivity contribution is -0.308. The van der Waals surface area contributed by atoms with Gasteiger partial charge >= 0.3 is 0 Å². The van der Waals surface area contributed by atoms with E-state index in [0.29, 0.717) is 6.42 Å². The molecule has 2 heteroatoms. The van der Waals surface area contributed by atoms with E-state index >= 15 is 0 Å². The molecule has 0 spiro atoms. The summed E-state index contributed by atoms with van der Waals surface area (Å²) in [5, 5.41) is 10.9. The van der Waals surface area contributed by atoms with Crippen LogP contribution in [0.2, 0.25) is 0 Å². The third-order valence-corrected chi connectivity index (χ3v) is 4.63. The number of carbonyl (C=O) groups is 1. The van der Waals surface area contributed by atoms with Crippen molar-refractivity contribution >= 4 is 5.97 Å². The van der Waals surface area contributed by atoms with Crippen LogP contribution in [0.3, 0.4) is 0 Å². The molecule has 0 aromatic carbocycles. The zero-order valence-electron chi connectivity index (χ0n) is 10.2. The second-order valence-corrected chi connectivity index (χ2v) is 5.96. The van der Waals surface area contributed by atoms with Crippen LogP contribution in [0.25, 0.3) is 0 Å². The lowest BCUT2D eigenvalue weighted by Gasteiger charge is -2.39. The Morgan fingerprint density at radius 1 is 1.06 bits per heavy atom. The summed E-state index contributed by atoms with van der Waals surface area (Å²) in [7, 11) is 0. The first-order valence-electron chi connectivity index (χ1n) is 6.90. The highest BCUT2D eigenvalue weighted by Crippen LogP contribution is 2.47. The average molecular weight is 223 g/mol. The number of hydrogen-bond donors (Lipinski definition) is 0. The van der Waals surface area contributed by atoms with Gasteiger partial charge in [-0.2, -0.15) is 0 Å². The first kappa shape index (κ1) is 11.9. The number of carboxylic acid groups (broad SMARTS) is 1. The van der Waals surface area contributed by atoms with Crippen molar-refractivity contribution in [2.75, 3.05) is 0 Å². The van der Waals surface area contributed by atoms with Gasteiger partial charge in [0, 0.05) is 5.97 Å². The Hall–Kier alpha value is -0.530. The first-order valence-corrected chi connectivity index (χ1v) is 6.90. The molecule has 2 rings (SSSR count). The van der Waals surface area contributed by atoms with Crippen molar-refractivity contribution in [1.29, 1.82) is 0 Å². The van der Waals surface area contributed by atoms with Gasteiger partial charge in [-0.25, -0.2) is 0 Å². The zero-order chi connectivity index (χ0) is 11.4. The second kappa shape index (κ2) is 5.20. The van der Waals surface area contributed by atoms with Crippen molar-refractivity contribution in [2.45, 2.75) is 70.6 Å². The molecule has 2 nitrogen and oxygen atoms in total. The third-order valence-electron chi connectivity index (χ3n) is 4.63. The van der Waals surface area contributed by atoms with E-state index in [4.69, 9.17) is 0 Å². The fraction of sp³-hybridized carbons (Fsp3) is 0.929. The maximum Gasteiger partial charge on any atom is 0.0419 e. The molecule has 0 radical (unpaired) electrons. The highest BCUT2D eigenvalue weighted by molar-refractivity contribution is 5.65. The largest absolute Gasteiger partial charge is 0.550 e. The number of carboxylic acids is 1. The van der Waals surface area contributed by atoms with Crippen LogP contribution in [-0.4, -0.2) is 5.97 Å². The summed E-state index contributed by atoms with van der Waals surface area (Å²) in [5.74, 6) is -0.0302. The van der Waals surface area contributed by atoms with E-state index in [1.54, 1.807) is 0 Å². The van der Waals surface area contributed by atoms with Gasteiger partial charge in [-0.05, 0) is 37.0 Å². The van der Waals surface area contributed by atoms with Gasteiger partial charge in [-0.3, -0.25) is 0 Å². The highest BCUT2D eigenvalue weighted by Gasteiger charge is 2.35. The Labute approximate surface area is 98.4 Å².